The molecule has 0 saturated carbocycles. The molecule has 0 aliphatic heterocycles. The SMILES string of the molecule is O=CC(O)(c1ccccc1)c1ccc(F)c(F)c1F. The number of hydrogen-bond acceptors (Lipinski definition) is 2. The molecule has 0 amide bonds. The van der Waals surface area contributed by atoms with Gasteiger partial charge < -0.3 is 5.11 Å². The van der Waals surface area contributed by atoms with E-state index in [0.717, 1.165) is 6.07 Å². The van der Waals surface area contributed by atoms with Crippen LogP contribution in [0, 0.1) is 17.5 Å². The molecule has 0 spiro atoms. The van der Waals surface area contributed by atoms with E-state index in [1.165, 1.54) is 24.3 Å². The number of rotatable bonds is 3. The summed E-state index contributed by atoms with van der Waals surface area (Å²) in [6.07, 6.45) is 0.0814. The minimum absolute atomic E-state index is 0.0647. The van der Waals surface area contributed by atoms with Crippen LogP contribution in [0.25, 0.3) is 0 Å². The van der Waals surface area contributed by atoms with Crippen molar-refractivity contribution in [1.82, 2.24) is 0 Å². The maximum absolute atomic E-state index is 13.7. The van der Waals surface area contributed by atoms with E-state index in [1.54, 1.807) is 6.07 Å². The second-order valence-corrected chi connectivity index (χ2v) is 3.97. The van der Waals surface area contributed by atoms with Gasteiger partial charge in [-0.05, 0) is 17.7 Å². The molecule has 0 fully saturated rings. The van der Waals surface area contributed by atoms with Crippen molar-refractivity contribution in [1.29, 1.82) is 0 Å². The zero-order valence-corrected chi connectivity index (χ0v) is 9.61. The van der Waals surface area contributed by atoms with E-state index in [-0.39, 0.29) is 11.8 Å². The topological polar surface area (TPSA) is 37.3 Å². The summed E-state index contributed by atoms with van der Waals surface area (Å²) in [5.74, 6) is -4.70. The molecule has 98 valence electrons. The maximum atomic E-state index is 13.7. The molecule has 0 saturated heterocycles. The van der Waals surface area contributed by atoms with Crippen molar-refractivity contribution in [2.45, 2.75) is 5.60 Å². The van der Waals surface area contributed by atoms with Crippen LogP contribution in [0.15, 0.2) is 42.5 Å². The zero-order chi connectivity index (χ0) is 14.0. The molecular formula is C14H9F3O2. The molecule has 0 radical (unpaired) electrons. The molecule has 1 atom stereocenters. The van der Waals surface area contributed by atoms with Crippen LogP contribution in [-0.2, 0) is 10.4 Å². The lowest BCUT2D eigenvalue weighted by Crippen LogP contribution is -2.30. The van der Waals surface area contributed by atoms with Crippen molar-refractivity contribution in [3.63, 3.8) is 0 Å². The van der Waals surface area contributed by atoms with Crippen LogP contribution in [0.3, 0.4) is 0 Å². The Morgan fingerprint density at radius 2 is 1.58 bits per heavy atom. The van der Waals surface area contributed by atoms with Crippen molar-refractivity contribution < 1.29 is 23.1 Å². The van der Waals surface area contributed by atoms with Crippen LogP contribution in [0.5, 0.6) is 0 Å². The van der Waals surface area contributed by atoms with E-state index < -0.39 is 28.6 Å². The van der Waals surface area contributed by atoms with Gasteiger partial charge in [0.2, 0.25) is 0 Å². The molecule has 2 aromatic rings. The molecule has 0 heterocycles. The van der Waals surface area contributed by atoms with Gasteiger partial charge in [0.25, 0.3) is 0 Å². The Balaban J connectivity index is 2.67. The molecule has 0 aromatic heterocycles. The molecule has 2 nitrogen and oxygen atoms in total. The van der Waals surface area contributed by atoms with Crippen LogP contribution in [0.4, 0.5) is 13.2 Å². The Kier molecular flexibility index (Phi) is 3.40. The minimum atomic E-state index is -2.36. The lowest BCUT2D eigenvalue weighted by atomic mass is 9.87. The summed E-state index contributed by atoms with van der Waals surface area (Å²) in [4.78, 5) is 11.1. The van der Waals surface area contributed by atoms with Gasteiger partial charge in [0.05, 0.1) is 0 Å². The van der Waals surface area contributed by atoms with Gasteiger partial charge in [-0.25, -0.2) is 13.2 Å². The molecule has 0 bridgehead atoms. The van der Waals surface area contributed by atoms with E-state index in [4.69, 9.17) is 0 Å². The molecule has 0 aliphatic carbocycles. The van der Waals surface area contributed by atoms with Crippen molar-refractivity contribution in [3.05, 3.63) is 71.0 Å². The monoisotopic (exact) mass is 266 g/mol. The van der Waals surface area contributed by atoms with E-state index in [9.17, 15) is 23.1 Å². The summed E-state index contributed by atoms with van der Waals surface area (Å²) in [6, 6.07) is 8.96. The highest BCUT2D eigenvalue weighted by molar-refractivity contribution is 5.72. The van der Waals surface area contributed by atoms with Crippen molar-refractivity contribution in [3.8, 4) is 0 Å². The van der Waals surface area contributed by atoms with Gasteiger partial charge in [-0.3, -0.25) is 4.79 Å². The highest BCUT2D eigenvalue weighted by Gasteiger charge is 2.35. The number of halogens is 3. The van der Waals surface area contributed by atoms with Gasteiger partial charge in [0.15, 0.2) is 29.3 Å². The summed E-state index contributed by atoms with van der Waals surface area (Å²) in [6.45, 7) is 0. The van der Waals surface area contributed by atoms with Crippen molar-refractivity contribution >= 4 is 6.29 Å². The smallest absolute Gasteiger partial charge is 0.194 e. The summed E-state index contributed by atoms with van der Waals surface area (Å²) in [7, 11) is 0. The Hall–Kier alpha value is -2.14. The van der Waals surface area contributed by atoms with E-state index in [2.05, 4.69) is 0 Å². The van der Waals surface area contributed by atoms with E-state index in [1.807, 2.05) is 0 Å². The number of aliphatic hydroxyl groups is 1. The Morgan fingerprint density at radius 3 is 2.16 bits per heavy atom. The van der Waals surface area contributed by atoms with Gasteiger partial charge in [0, 0.05) is 5.56 Å². The lowest BCUT2D eigenvalue weighted by Gasteiger charge is -2.23. The van der Waals surface area contributed by atoms with Crippen LogP contribution in [0.2, 0.25) is 0 Å². The van der Waals surface area contributed by atoms with Gasteiger partial charge in [-0.2, -0.15) is 0 Å². The lowest BCUT2D eigenvalue weighted by molar-refractivity contribution is -0.121. The third-order valence-electron chi connectivity index (χ3n) is 2.83. The van der Waals surface area contributed by atoms with E-state index in [0.29, 0.717) is 6.07 Å². The molecular weight excluding hydrogens is 257 g/mol. The average Bonchev–Trinajstić information content (AvgIpc) is 2.45. The minimum Gasteiger partial charge on any atom is -0.373 e. The number of hydrogen-bond donors (Lipinski definition) is 1. The number of aldehydes is 1. The summed E-state index contributed by atoms with van der Waals surface area (Å²) < 4.78 is 39.8. The second kappa shape index (κ2) is 4.85. The van der Waals surface area contributed by atoms with Crippen LogP contribution in [0.1, 0.15) is 11.1 Å². The highest BCUT2D eigenvalue weighted by Crippen LogP contribution is 2.31. The average molecular weight is 266 g/mol. The molecule has 2 rings (SSSR count). The van der Waals surface area contributed by atoms with Crippen LogP contribution >= 0.6 is 0 Å². The quantitative estimate of drug-likeness (QED) is 0.684. The van der Waals surface area contributed by atoms with Crippen molar-refractivity contribution in [2.24, 2.45) is 0 Å². The third kappa shape index (κ3) is 2.13. The Bertz CT molecular complexity index is 614. The van der Waals surface area contributed by atoms with Crippen LogP contribution < -0.4 is 0 Å². The standard InChI is InChI=1S/C14H9F3O2/c15-11-7-6-10(12(16)13(11)17)14(19,8-18)9-4-2-1-3-5-9/h1-8,19H. The van der Waals surface area contributed by atoms with Crippen molar-refractivity contribution in [2.75, 3.05) is 0 Å². The maximum Gasteiger partial charge on any atom is 0.194 e. The molecule has 2 aromatic carbocycles. The second-order valence-electron chi connectivity index (χ2n) is 3.97. The zero-order valence-electron chi connectivity index (χ0n) is 9.61. The largest absolute Gasteiger partial charge is 0.373 e. The molecule has 1 N–H and O–H groups in total. The van der Waals surface area contributed by atoms with Gasteiger partial charge in [-0.15, -0.1) is 0 Å². The molecule has 19 heavy (non-hydrogen) atoms. The molecule has 5 heteroatoms. The normalized spacial score (nSPS) is 13.9. The van der Waals surface area contributed by atoms with Gasteiger partial charge in [0.1, 0.15) is 0 Å². The first-order chi connectivity index (χ1) is 9.00. The summed E-state index contributed by atoms with van der Waals surface area (Å²) >= 11 is 0. The Morgan fingerprint density at radius 1 is 0.947 bits per heavy atom. The first-order valence-electron chi connectivity index (χ1n) is 5.39. The Labute approximate surface area is 107 Å². The predicted octanol–water partition coefficient (Wildman–Crippen LogP) is 2.54. The first kappa shape index (κ1) is 13.3. The fraction of sp³-hybridized carbons (Fsp3) is 0.0714. The summed E-state index contributed by atoms with van der Waals surface area (Å²) in [5.41, 5.74) is -2.93. The van der Waals surface area contributed by atoms with E-state index >= 15 is 0 Å². The highest BCUT2D eigenvalue weighted by atomic mass is 19.2. The first-order valence-corrected chi connectivity index (χ1v) is 5.39. The fourth-order valence-corrected chi connectivity index (χ4v) is 1.80. The van der Waals surface area contributed by atoms with Crippen LogP contribution in [-0.4, -0.2) is 11.4 Å². The van der Waals surface area contributed by atoms with Gasteiger partial charge >= 0.3 is 0 Å². The number of carbonyl (C=O) groups excluding carboxylic acids is 1. The predicted molar refractivity (Wildman–Crippen MR) is 61.8 cm³/mol. The molecule has 0 aliphatic rings. The third-order valence-corrected chi connectivity index (χ3v) is 2.83. The van der Waals surface area contributed by atoms with Gasteiger partial charge in [-0.1, -0.05) is 30.3 Å². The summed E-state index contributed by atoms with van der Waals surface area (Å²) in [5, 5.41) is 10.3. The molecule has 1 unspecified atom stereocenters. The fourth-order valence-electron chi connectivity index (χ4n) is 1.80. The number of benzene rings is 2. The number of carbonyl (C=O) groups is 1.